The van der Waals surface area contributed by atoms with Crippen molar-refractivity contribution in [1.29, 1.82) is 0 Å². The second-order valence-corrected chi connectivity index (χ2v) is 6.04. The number of piperazine rings is 1. The zero-order valence-corrected chi connectivity index (χ0v) is 13.2. The van der Waals surface area contributed by atoms with Crippen molar-refractivity contribution in [3.63, 3.8) is 0 Å². The van der Waals surface area contributed by atoms with E-state index in [1.54, 1.807) is 0 Å². The molecule has 2 fully saturated rings. The van der Waals surface area contributed by atoms with Gasteiger partial charge in [0, 0.05) is 32.2 Å². The first kappa shape index (κ1) is 15.7. The van der Waals surface area contributed by atoms with E-state index >= 15 is 0 Å². The molecule has 5 heteroatoms. The zero-order valence-electron chi connectivity index (χ0n) is 13.2. The molecule has 0 aromatic heterocycles. The number of hydrogen-bond donors (Lipinski definition) is 1. The van der Waals surface area contributed by atoms with E-state index in [4.69, 9.17) is 4.74 Å². The van der Waals surface area contributed by atoms with Gasteiger partial charge in [-0.1, -0.05) is 6.92 Å². The normalized spacial score (nSPS) is 33.0. The summed E-state index contributed by atoms with van der Waals surface area (Å²) in [6.07, 6.45) is 4.06. The molecule has 1 saturated heterocycles. The highest BCUT2D eigenvalue weighted by Crippen LogP contribution is 2.32. The van der Waals surface area contributed by atoms with Gasteiger partial charge in [0.25, 0.3) is 0 Å². The van der Waals surface area contributed by atoms with Gasteiger partial charge in [-0.15, -0.1) is 0 Å². The molecule has 0 amide bonds. The molecule has 20 heavy (non-hydrogen) atoms. The molecule has 0 aromatic rings. The Balaban J connectivity index is 1.98. The van der Waals surface area contributed by atoms with Crippen LogP contribution in [0, 0.1) is 0 Å². The highest BCUT2D eigenvalue weighted by atomic mass is 16.5. The van der Waals surface area contributed by atoms with Crippen molar-refractivity contribution in [2.45, 2.75) is 44.2 Å². The summed E-state index contributed by atoms with van der Waals surface area (Å²) in [6, 6.07) is 0.509. The number of nitrogens with zero attached hydrogens (tertiary/aromatic N) is 2. The van der Waals surface area contributed by atoms with Crippen molar-refractivity contribution in [3.8, 4) is 0 Å². The van der Waals surface area contributed by atoms with Gasteiger partial charge in [-0.05, 0) is 39.3 Å². The van der Waals surface area contributed by atoms with Crippen molar-refractivity contribution in [1.82, 2.24) is 15.1 Å². The molecule has 2 rings (SSSR count). The summed E-state index contributed by atoms with van der Waals surface area (Å²) < 4.78 is 5.03. The summed E-state index contributed by atoms with van der Waals surface area (Å²) in [5, 5.41) is 3.25. The van der Waals surface area contributed by atoms with Crippen LogP contribution in [0.15, 0.2) is 0 Å². The first-order chi connectivity index (χ1) is 9.65. The summed E-state index contributed by atoms with van der Waals surface area (Å²) in [5.41, 5.74) is -0.473. The second-order valence-electron chi connectivity index (χ2n) is 6.04. The van der Waals surface area contributed by atoms with Crippen molar-refractivity contribution in [3.05, 3.63) is 0 Å². The van der Waals surface area contributed by atoms with Crippen molar-refractivity contribution < 1.29 is 9.53 Å². The van der Waals surface area contributed by atoms with Crippen molar-refractivity contribution in [2.75, 3.05) is 46.9 Å². The summed E-state index contributed by atoms with van der Waals surface area (Å²) in [7, 11) is 3.37. The molecule has 116 valence electrons. The molecule has 0 bridgehead atoms. The average molecular weight is 283 g/mol. The first-order valence-corrected chi connectivity index (χ1v) is 7.89. The SMILES string of the molecule is CCN1CCN(C2CCCC(NC)(C(=O)OC)C2)CC1. The number of hydrogen-bond acceptors (Lipinski definition) is 5. The maximum atomic E-state index is 12.1. The number of rotatable bonds is 4. The van der Waals surface area contributed by atoms with Gasteiger partial charge in [-0.3, -0.25) is 9.69 Å². The Bertz CT molecular complexity index is 329. The Kier molecular flexibility index (Phi) is 5.41. The molecule has 0 aromatic carbocycles. The summed E-state index contributed by atoms with van der Waals surface area (Å²) in [6.45, 7) is 7.91. The average Bonchev–Trinajstić information content (AvgIpc) is 2.54. The predicted molar refractivity (Wildman–Crippen MR) is 79.7 cm³/mol. The zero-order chi connectivity index (χ0) is 14.6. The smallest absolute Gasteiger partial charge is 0.326 e. The Morgan fingerprint density at radius 1 is 1.35 bits per heavy atom. The van der Waals surface area contributed by atoms with Gasteiger partial charge >= 0.3 is 5.97 Å². The van der Waals surface area contributed by atoms with Crippen LogP contribution >= 0.6 is 0 Å². The molecular weight excluding hydrogens is 254 g/mol. The van der Waals surface area contributed by atoms with E-state index in [9.17, 15) is 4.79 Å². The predicted octanol–water partition coefficient (Wildman–Crippen LogP) is 0.698. The minimum atomic E-state index is -0.473. The molecule has 5 nitrogen and oxygen atoms in total. The Morgan fingerprint density at radius 2 is 2.05 bits per heavy atom. The number of likely N-dealkylation sites (N-methyl/N-ethyl adjacent to an activating group) is 2. The molecule has 1 saturated carbocycles. The fraction of sp³-hybridized carbons (Fsp3) is 0.933. The lowest BCUT2D eigenvalue weighted by Gasteiger charge is -2.45. The topological polar surface area (TPSA) is 44.8 Å². The standard InChI is InChI=1S/C15H29N3O2/c1-4-17-8-10-18(11-9-17)13-6-5-7-15(12-13,16-2)14(19)20-3/h13,16H,4-12H2,1-3H3. The van der Waals surface area contributed by atoms with Gasteiger partial charge in [0.05, 0.1) is 7.11 Å². The number of carbonyl (C=O) groups is 1. The van der Waals surface area contributed by atoms with E-state index in [-0.39, 0.29) is 5.97 Å². The van der Waals surface area contributed by atoms with Crippen molar-refractivity contribution in [2.24, 2.45) is 0 Å². The summed E-state index contributed by atoms with van der Waals surface area (Å²) in [4.78, 5) is 17.2. The van der Waals surface area contributed by atoms with Crippen LogP contribution in [0.5, 0.6) is 0 Å². The third-order valence-corrected chi connectivity index (χ3v) is 5.15. The molecule has 1 heterocycles. The molecule has 1 aliphatic carbocycles. The van der Waals surface area contributed by atoms with E-state index in [1.165, 1.54) is 13.5 Å². The number of esters is 1. The lowest BCUT2D eigenvalue weighted by Crippen LogP contribution is -2.59. The first-order valence-electron chi connectivity index (χ1n) is 7.89. The molecule has 0 spiro atoms. The fourth-order valence-electron chi connectivity index (χ4n) is 3.71. The van der Waals surface area contributed by atoms with Gasteiger partial charge < -0.3 is 15.0 Å². The van der Waals surface area contributed by atoms with E-state index in [0.717, 1.165) is 52.0 Å². The van der Waals surface area contributed by atoms with Crippen LogP contribution in [0.4, 0.5) is 0 Å². The lowest BCUT2D eigenvalue weighted by atomic mass is 9.78. The quantitative estimate of drug-likeness (QED) is 0.770. The highest BCUT2D eigenvalue weighted by Gasteiger charge is 2.44. The highest BCUT2D eigenvalue weighted by molar-refractivity contribution is 5.81. The van der Waals surface area contributed by atoms with E-state index in [1.807, 2.05) is 7.05 Å². The van der Waals surface area contributed by atoms with Crippen LogP contribution in [-0.4, -0.2) is 74.2 Å². The van der Waals surface area contributed by atoms with Gasteiger partial charge in [-0.2, -0.15) is 0 Å². The van der Waals surface area contributed by atoms with Crippen molar-refractivity contribution >= 4 is 5.97 Å². The Labute approximate surface area is 122 Å². The van der Waals surface area contributed by atoms with Crippen LogP contribution in [0.3, 0.4) is 0 Å². The monoisotopic (exact) mass is 283 g/mol. The summed E-state index contributed by atoms with van der Waals surface area (Å²) >= 11 is 0. The molecule has 1 aliphatic heterocycles. The van der Waals surface area contributed by atoms with E-state index in [0.29, 0.717) is 6.04 Å². The summed E-state index contributed by atoms with van der Waals surface area (Å²) in [5.74, 6) is -0.100. The van der Waals surface area contributed by atoms with Crippen LogP contribution in [0.25, 0.3) is 0 Å². The molecule has 1 N–H and O–H groups in total. The molecular formula is C15H29N3O2. The maximum Gasteiger partial charge on any atom is 0.326 e. The Hall–Kier alpha value is -0.650. The number of ether oxygens (including phenoxy) is 1. The molecule has 2 aliphatic rings. The van der Waals surface area contributed by atoms with Crippen LogP contribution < -0.4 is 5.32 Å². The molecule has 0 radical (unpaired) electrons. The number of carbonyl (C=O) groups excluding carboxylic acids is 1. The van der Waals surface area contributed by atoms with E-state index < -0.39 is 5.54 Å². The fourth-order valence-corrected chi connectivity index (χ4v) is 3.71. The second kappa shape index (κ2) is 6.87. The number of methoxy groups -OCH3 is 1. The minimum Gasteiger partial charge on any atom is -0.468 e. The third-order valence-electron chi connectivity index (χ3n) is 5.15. The number of nitrogens with one attached hydrogen (secondary N) is 1. The molecule has 2 unspecified atom stereocenters. The lowest BCUT2D eigenvalue weighted by molar-refractivity contribution is -0.151. The maximum absolute atomic E-state index is 12.1. The largest absolute Gasteiger partial charge is 0.468 e. The minimum absolute atomic E-state index is 0.100. The van der Waals surface area contributed by atoms with Crippen LogP contribution in [0.2, 0.25) is 0 Å². The van der Waals surface area contributed by atoms with Crippen LogP contribution in [-0.2, 0) is 9.53 Å². The van der Waals surface area contributed by atoms with Gasteiger partial charge in [0.15, 0.2) is 0 Å². The van der Waals surface area contributed by atoms with Gasteiger partial charge in [-0.25, -0.2) is 0 Å². The third kappa shape index (κ3) is 3.15. The van der Waals surface area contributed by atoms with E-state index in [2.05, 4.69) is 22.0 Å². The Morgan fingerprint density at radius 3 is 2.60 bits per heavy atom. The van der Waals surface area contributed by atoms with Crippen LogP contribution in [0.1, 0.15) is 32.6 Å². The molecule has 2 atom stereocenters. The van der Waals surface area contributed by atoms with Gasteiger partial charge in [0.1, 0.15) is 5.54 Å². The van der Waals surface area contributed by atoms with Gasteiger partial charge in [0.2, 0.25) is 0 Å².